The van der Waals surface area contributed by atoms with Crippen molar-refractivity contribution in [3.05, 3.63) is 65.0 Å². The van der Waals surface area contributed by atoms with E-state index in [-0.39, 0.29) is 11.9 Å². The molecule has 142 valence electrons. The molecule has 4 heteroatoms. The molecule has 1 N–H and O–H groups in total. The number of carbonyl (C=O) groups is 1. The van der Waals surface area contributed by atoms with Crippen LogP contribution in [-0.2, 0) is 24.2 Å². The van der Waals surface area contributed by atoms with Crippen molar-refractivity contribution in [3.63, 3.8) is 0 Å². The average molecular weight is 364 g/mol. The number of nitrogens with zero attached hydrogens (tertiary/aromatic N) is 2. The minimum Gasteiger partial charge on any atom is -0.348 e. The van der Waals surface area contributed by atoms with Crippen molar-refractivity contribution < 1.29 is 4.79 Å². The Hall–Kier alpha value is -2.20. The second-order valence-electron chi connectivity index (χ2n) is 8.02. The molecule has 2 aliphatic carbocycles. The second-order valence-corrected chi connectivity index (χ2v) is 8.02. The SMILES string of the molecule is CC(NC(=O)CN(Cc1cccnc1)C1CC1)c1ccc2c(c1)CCCC2. The van der Waals surface area contributed by atoms with Crippen molar-refractivity contribution in [3.8, 4) is 0 Å². The Morgan fingerprint density at radius 1 is 1.22 bits per heavy atom. The van der Waals surface area contributed by atoms with Gasteiger partial charge in [0.25, 0.3) is 0 Å². The highest BCUT2D eigenvalue weighted by Crippen LogP contribution is 2.28. The fourth-order valence-corrected chi connectivity index (χ4v) is 4.06. The van der Waals surface area contributed by atoms with Crippen LogP contribution in [0.15, 0.2) is 42.7 Å². The molecule has 1 aromatic carbocycles. The topological polar surface area (TPSA) is 45.2 Å². The monoisotopic (exact) mass is 363 g/mol. The third-order valence-electron chi connectivity index (χ3n) is 5.77. The van der Waals surface area contributed by atoms with Gasteiger partial charge in [-0.25, -0.2) is 0 Å². The summed E-state index contributed by atoms with van der Waals surface area (Å²) in [6.45, 7) is 3.33. The Morgan fingerprint density at radius 3 is 2.78 bits per heavy atom. The lowest BCUT2D eigenvalue weighted by Crippen LogP contribution is -2.39. The molecule has 4 nitrogen and oxygen atoms in total. The fraction of sp³-hybridized carbons (Fsp3) is 0.478. The molecule has 1 heterocycles. The lowest BCUT2D eigenvalue weighted by molar-refractivity contribution is -0.123. The molecule has 0 bridgehead atoms. The van der Waals surface area contributed by atoms with E-state index in [1.165, 1.54) is 60.8 Å². The summed E-state index contributed by atoms with van der Waals surface area (Å²) in [6, 6.07) is 11.4. The summed E-state index contributed by atoms with van der Waals surface area (Å²) in [5.74, 6) is 0.107. The zero-order chi connectivity index (χ0) is 18.6. The van der Waals surface area contributed by atoms with E-state index in [0.29, 0.717) is 12.6 Å². The fourth-order valence-electron chi connectivity index (χ4n) is 4.06. The van der Waals surface area contributed by atoms with Crippen molar-refractivity contribution >= 4 is 5.91 Å². The van der Waals surface area contributed by atoms with Gasteiger partial charge >= 0.3 is 0 Å². The minimum atomic E-state index is 0.0455. The van der Waals surface area contributed by atoms with Gasteiger partial charge in [-0.1, -0.05) is 24.3 Å². The van der Waals surface area contributed by atoms with Gasteiger partial charge in [0.1, 0.15) is 0 Å². The smallest absolute Gasteiger partial charge is 0.234 e. The third kappa shape index (κ3) is 4.75. The van der Waals surface area contributed by atoms with Crippen molar-refractivity contribution in [1.82, 2.24) is 15.2 Å². The van der Waals surface area contributed by atoms with E-state index in [4.69, 9.17) is 0 Å². The minimum absolute atomic E-state index is 0.0455. The van der Waals surface area contributed by atoms with Crippen molar-refractivity contribution in [2.75, 3.05) is 6.54 Å². The van der Waals surface area contributed by atoms with Crippen molar-refractivity contribution in [2.45, 2.75) is 64.1 Å². The van der Waals surface area contributed by atoms with Crippen LogP contribution in [0, 0.1) is 0 Å². The van der Waals surface area contributed by atoms with Gasteiger partial charge in [-0.3, -0.25) is 14.7 Å². The number of amides is 1. The Kier molecular flexibility index (Phi) is 5.53. The molecule has 1 saturated carbocycles. The molecule has 0 radical (unpaired) electrons. The molecule has 0 spiro atoms. The molecule has 2 aliphatic rings. The molecule has 1 atom stereocenters. The number of hydrogen-bond acceptors (Lipinski definition) is 3. The van der Waals surface area contributed by atoms with Gasteiger partial charge in [-0.15, -0.1) is 0 Å². The number of aromatic nitrogens is 1. The van der Waals surface area contributed by atoms with Crippen LogP contribution in [0.25, 0.3) is 0 Å². The van der Waals surface area contributed by atoms with Crippen molar-refractivity contribution in [2.24, 2.45) is 0 Å². The highest BCUT2D eigenvalue weighted by molar-refractivity contribution is 5.78. The van der Waals surface area contributed by atoms with Gasteiger partial charge < -0.3 is 5.32 Å². The number of fused-ring (bicyclic) bond motifs is 1. The maximum atomic E-state index is 12.7. The van der Waals surface area contributed by atoms with E-state index in [1.807, 2.05) is 12.3 Å². The third-order valence-corrected chi connectivity index (χ3v) is 5.77. The lowest BCUT2D eigenvalue weighted by Gasteiger charge is -2.24. The first kappa shape index (κ1) is 18.2. The normalized spacial score (nSPS) is 17.4. The van der Waals surface area contributed by atoms with Crippen LogP contribution >= 0.6 is 0 Å². The predicted octanol–water partition coefficient (Wildman–Crippen LogP) is 3.80. The van der Waals surface area contributed by atoms with Gasteiger partial charge in [0.05, 0.1) is 12.6 Å². The molecule has 1 unspecified atom stereocenters. The Labute approximate surface area is 162 Å². The molecule has 0 aliphatic heterocycles. The van der Waals surface area contributed by atoms with Gasteiger partial charge in [0, 0.05) is 25.0 Å². The van der Waals surface area contributed by atoms with E-state index in [2.05, 4.69) is 46.4 Å². The van der Waals surface area contributed by atoms with E-state index >= 15 is 0 Å². The largest absolute Gasteiger partial charge is 0.348 e. The van der Waals surface area contributed by atoms with Crippen LogP contribution in [0.2, 0.25) is 0 Å². The summed E-state index contributed by atoms with van der Waals surface area (Å²) in [4.78, 5) is 19.2. The van der Waals surface area contributed by atoms with Crippen LogP contribution in [0.4, 0.5) is 0 Å². The number of rotatable bonds is 7. The first-order valence-electron chi connectivity index (χ1n) is 10.2. The number of pyridine rings is 1. The molecule has 2 aromatic rings. The molecule has 1 aromatic heterocycles. The number of hydrogen-bond donors (Lipinski definition) is 1. The van der Waals surface area contributed by atoms with Crippen LogP contribution in [0.1, 0.15) is 60.9 Å². The average Bonchev–Trinajstić information content (AvgIpc) is 3.53. The molecular formula is C23H29N3O. The van der Waals surface area contributed by atoms with E-state index < -0.39 is 0 Å². The summed E-state index contributed by atoms with van der Waals surface area (Å²) < 4.78 is 0. The molecular weight excluding hydrogens is 334 g/mol. The summed E-state index contributed by atoms with van der Waals surface area (Å²) in [6.07, 6.45) is 11.0. The van der Waals surface area contributed by atoms with Gasteiger partial charge in [-0.2, -0.15) is 0 Å². The van der Waals surface area contributed by atoms with Crippen LogP contribution in [0.5, 0.6) is 0 Å². The Balaban J connectivity index is 1.36. The summed E-state index contributed by atoms with van der Waals surface area (Å²) in [5.41, 5.74) is 5.34. The van der Waals surface area contributed by atoms with Crippen molar-refractivity contribution in [1.29, 1.82) is 0 Å². The van der Waals surface area contributed by atoms with E-state index in [1.54, 1.807) is 6.20 Å². The van der Waals surface area contributed by atoms with Gasteiger partial charge in [0.2, 0.25) is 5.91 Å². The summed E-state index contributed by atoms with van der Waals surface area (Å²) in [5, 5.41) is 3.21. The molecule has 1 amide bonds. The maximum Gasteiger partial charge on any atom is 0.234 e. The number of nitrogens with one attached hydrogen (secondary N) is 1. The molecule has 27 heavy (non-hydrogen) atoms. The Bertz CT molecular complexity index is 785. The first-order chi connectivity index (χ1) is 13.2. The van der Waals surface area contributed by atoms with Gasteiger partial charge in [0.15, 0.2) is 0 Å². The first-order valence-corrected chi connectivity index (χ1v) is 10.2. The standard InChI is InChI=1S/C23H29N3O/c1-17(20-9-8-19-6-2-3-7-21(19)13-20)25-23(27)16-26(22-10-11-22)15-18-5-4-12-24-14-18/h4-5,8-9,12-14,17,22H,2-3,6-7,10-11,15-16H2,1H3,(H,25,27). The quantitative estimate of drug-likeness (QED) is 0.814. The number of aryl methyl sites for hydroxylation is 2. The van der Waals surface area contributed by atoms with Gasteiger partial charge in [-0.05, 0) is 73.8 Å². The number of carbonyl (C=O) groups excluding carboxylic acids is 1. The maximum absolute atomic E-state index is 12.7. The Morgan fingerprint density at radius 2 is 2.04 bits per heavy atom. The zero-order valence-corrected chi connectivity index (χ0v) is 16.2. The zero-order valence-electron chi connectivity index (χ0n) is 16.2. The lowest BCUT2D eigenvalue weighted by atomic mass is 9.89. The summed E-state index contributed by atoms with van der Waals surface area (Å²) >= 11 is 0. The summed E-state index contributed by atoms with van der Waals surface area (Å²) in [7, 11) is 0. The molecule has 1 fully saturated rings. The number of benzene rings is 1. The molecule has 0 saturated heterocycles. The second kappa shape index (κ2) is 8.22. The highest BCUT2D eigenvalue weighted by atomic mass is 16.2. The van der Waals surface area contributed by atoms with E-state index in [9.17, 15) is 4.79 Å². The van der Waals surface area contributed by atoms with Crippen LogP contribution in [-0.4, -0.2) is 28.4 Å². The highest BCUT2D eigenvalue weighted by Gasteiger charge is 2.30. The van der Waals surface area contributed by atoms with Crippen LogP contribution < -0.4 is 5.32 Å². The van der Waals surface area contributed by atoms with Crippen LogP contribution in [0.3, 0.4) is 0 Å². The molecule has 4 rings (SSSR count). The van der Waals surface area contributed by atoms with E-state index in [0.717, 1.165) is 6.54 Å². The predicted molar refractivity (Wildman–Crippen MR) is 107 cm³/mol.